The molecule has 2 amide bonds. The summed E-state index contributed by atoms with van der Waals surface area (Å²) < 4.78 is 6.21. The van der Waals surface area contributed by atoms with E-state index in [9.17, 15) is 19.8 Å². The number of amides is 2. The predicted octanol–water partition coefficient (Wildman–Crippen LogP) is 1.68. The van der Waals surface area contributed by atoms with Crippen LogP contribution in [-0.2, 0) is 4.79 Å². The van der Waals surface area contributed by atoms with Gasteiger partial charge < -0.3 is 24.7 Å². The molecule has 1 fully saturated rings. The maximum Gasteiger partial charge on any atom is 0.259 e. The number of ether oxygens (including phenoxy) is 1. The van der Waals surface area contributed by atoms with Crippen LogP contribution in [0.25, 0.3) is 0 Å². The third-order valence-electron chi connectivity index (χ3n) is 6.07. The normalized spacial score (nSPS) is 21.7. The molecule has 8 heteroatoms. The Morgan fingerprint density at radius 2 is 2.12 bits per heavy atom. The van der Waals surface area contributed by atoms with E-state index in [-0.39, 0.29) is 41.9 Å². The molecule has 0 spiro atoms. The van der Waals surface area contributed by atoms with Gasteiger partial charge in [-0.05, 0) is 45.6 Å². The van der Waals surface area contributed by atoms with Crippen molar-refractivity contribution >= 4 is 11.8 Å². The molecule has 1 aromatic heterocycles. The van der Waals surface area contributed by atoms with Crippen LogP contribution in [0.4, 0.5) is 0 Å². The zero-order chi connectivity index (χ0) is 24.3. The fourth-order valence-corrected chi connectivity index (χ4v) is 3.71. The number of aromatic nitrogens is 1. The van der Waals surface area contributed by atoms with Crippen LogP contribution in [0.5, 0.6) is 5.88 Å². The number of aliphatic hydroxyl groups excluding tert-OH is 1. The van der Waals surface area contributed by atoms with Crippen molar-refractivity contribution in [1.82, 2.24) is 14.8 Å². The lowest BCUT2D eigenvalue weighted by Crippen LogP contribution is -2.50. The molecule has 1 aliphatic carbocycles. The third-order valence-corrected chi connectivity index (χ3v) is 6.07. The largest absolute Gasteiger partial charge is 0.472 e. The molecule has 1 aliphatic heterocycles. The Morgan fingerprint density at radius 1 is 1.42 bits per heavy atom. The molecule has 2 heterocycles. The highest BCUT2D eigenvalue weighted by molar-refractivity contribution is 5.97. The maximum atomic E-state index is 13.4. The highest BCUT2D eigenvalue weighted by Crippen LogP contribution is 2.33. The van der Waals surface area contributed by atoms with Crippen molar-refractivity contribution in [2.75, 3.05) is 26.7 Å². The summed E-state index contributed by atoms with van der Waals surface area (Å²) in [7, 11) is 1.78. The number of aliphatic hydroxyl groups is 2. The van der Waals surface area contributed by atoms with E-state index in [1.807, 2.05) is 6.92 Å². The van der Waals surface area contributed by atoms with E-state index in [4.69, 9.17) is 4.74 Å². The van der Waals surface area contributed by atoms with Gasteiger partial charge in [0.2, 0.25) is 11.8 Å². The molecule has 8 nitrogen and oxygen atoms in total. The van der Waals surface area contributed by atoms with Crippen LogP contribution in [0.15, 0.2) is 12.3 Å². The van der Waals surface area contributed by atoms with Crippen molar-refractivity contribution in [3.8, 4) is 17.7 Å². The average molecular weight is 458 g/mol. The van der Waals surface area contributed by atoms with Crippen molar-refractivity contribution in [2.24, 2.45) is 11.8 Å². The molecule has 0 unspecified atom stereocenters. The molecule has 3 rings (SSSR count). The molecule has 1 saturated carbocycles. The SMILES string of the molecule is C[C@@H]1CN([C@H](C)CO)C(=O)c2cc(C#CC(C)(C)O)cnc2O[C@H]1CN(C)C(=O)CC1CC1. The number of carbonyl (C=O) groups excluding carboxylic acids is 2. The summed E-state index contributed by atoms with van der Waals surface area (Å²) in [5, 5.41) is 19.7. The minimum atomic E-state index is -1.18. The summed E-state index contributed by atoms with van der Waals surface area (Å²) in [6.45, 7) is 7.49. The fourth-order valence-electron chi connectivity index (χ4n) is 3.71. The van der Waals surface area contributed by atoms with E-state index in [1.165, 1.54) is 6.20 Å². The van der Waals surface area contributed by atoms with Crippen LogP contribution in [0.3, 0.4) is 0 Å². The van der Waals surface area contributed by atoms with Crippen molar-refractivity contribution in [2.45, 2.75) is 64.7 Å². The van der Waals surface area contributed by atoms with Gasteiger partial charge in [0.25, 0.3) is 5.91 Å². The second kappa shape index (κ2) is 10.1. The highest BCUT2D eigenvalue weighted by Gasteiger charge is 2.35. The maximum absolute atomic E-state index is 13.4. The molecule has 2 N–H and O–H groups in total. The van der Waals surface area contributed by atoms with Gasteiger partial charge in [0.15, 0.2) is 0 Å². The monoisotopic (exact) mass is 457 g/mol. The third kappa shape index (κ3) is 6.68. The van der Waals surface area contributed by atoms with Gasteiger partial charge >= 0.3 is 0 Å². The Bertz CT molecular complexity index is 942. The topological polar surface area (TPSA) is 103 Å². The van der Waals surface area contributed by atoms with Gasteiger partial charge in [-0.25, -0.2) is 4.98 Å². The fraction of sp³-hybridized carbons (Fsp3) is 0.640. The van der Waals surface area contributed by atoms with Gasteiger partial charge in [0.1, 0.15) is 17.3 Å². The van der Waals surface area contributed by atoms with Crippen molar-refractivity contribution in [1.29, 1.82) is 0 Å². The quantitative estimate of drug-likeness (QED) is 0.630. The summed E-state index contributed by atoms with van der Waals surface area (Å²) in [5.74, 6) is 5.96. The number of rotatable bonds is 6. The standard InChI is InChI=1S/C25H35N3O5/c1-16-13-28(17(2)15-29)24(31)20-10-19(8-9-25(3,4)32)12-26-23(20)33-21(16)14-27(5)22(30)11-18-6-7-18/h10,12,16-18,21,29,32H,6-7,11,13-15H2,1-5H3/t16-,17-,21+/m1/s1. The number of fused-ring (bicyclic) bond motifs is 1. The van der Waals surface area contributed by atoms with E-state index in [2.05, 4.69) is 16.8 Å². The molecule has 2 aliphatic rings. The molecule has 0 radical (unpaired) electrons. The van der Waals surface area contributed by atoms with Crippen LogP contribution in [0.1, 0.15) is 62.9 Å². The first-order chi connectivity index (χ1) is 15.5. The average Bonchev–Trinajstić information content (AvgIpc) is 3.57. The van der Waals surface area contributed by atoms with Gasteiger partial charge in [-0.2, -0.15) is 0 Å². The van der Waals surface area contributed by atoms with Crippen LogP contribution < -0.4 is 4.74 Å². The Labute approximate surface area is 195 Å². The van der Waals surface area contributed by atoms with Crippen LogP contribution in [-0.4, -0.2) is 81.3 Å². The van der Waals surface area contributed by atoms with E-state index >= 15 is 0 Å². The molecule has 0 saturated heterocycles. The molecular weight excluding hydrogens is 422 g/mol. The van der Waals surface area contributed by atoms with E-state index in [0.717, 1.165) is 12.8 Å². The smallest absolute Gasteiger partial charge is 0.259 e. The Balaban J connectivity index is 1.92. The lowest BCUT2D eigenvalue weighted by Gasteiger charge is -2.37. The van der Waals surface area contributed by atoms with Crippen LogP contribution in [0, 0.1) is 23.7 Å². The summed E-state index contributed by atoms with van der Waals surface area (Å²) in [6, 6.07) is 1.21. The second-order valence-corrected chi connectivity index (χ2v) is 9.93. The number of hydrogen-bond acceptors (Lipinski definition) is 6. The van der Waals surface area contributed by atoms with E-state index < -0.39 is 11.6 Å². The summed E-state index contributed by atoms with van der Waals surface area (Å²) in [5.41, 5.74) is -0.451. The molecule has 3 atom stereocenters. The summed E-state index contributed by atoms with van der Waals surface area (Å²) in [6.07, 6.45) is 3.92. The molecule has 0 aromatic carbocycles. The van der Waals surface area contributed by atoms with E-state index in [0.29, 0.717) is 31.0 Å². The molecule has 33 heavy (non-hydrogen) atoms. The number of likely N-dealkylation sites (N-methyl/N-ethyl adjacent to an activating group) is 1. The Hall–Kier alpha value is -2.63. The molecule has 180 valence electrons. The van der Waals surface area contributed by atoms with Crippen LogP contribution >= 0.6 is 0 Å². The number of pyridine rings is 1. The van der Waals surface area contributed by atoms with Gasteiger partial charge in [0, 0.05) is 37.7 Å². The van der Waals surface area contributed by atoms with Crippen molar-refractivity contribution in [3.63, 3.8) is 0 Å². The van der Waals surface area contributed by atoms with Gasteiger partial charge in [0.05, 0.1) is 19.2 Å². The summed E-state index contributed by atoms with van der Waals surface area (Å²) >= 11 is 0. The first-order valence-electron chi connectivity index (χ1n) is 11.6. The number of nitrogens with zero attached hydrogens (tertiary/aromatic N) is 3. The van der Waals surface area contributed by atoms with Crippen LogP contribution in [0.2, 0.25) is 0 Å². The minimum Gasteiger partial charge on any atom is -0.472 e. The zero-order valence-electron chi connectivity index (χ0n) is 20.2. The Kier molecular flexibility index (Phi) is 7.65. The first kappa shape index (κ1) is 25.0. The second-order valence-electron chi connectivity index (χ2n) is 9.93. The highest BCUT2D eigenvalue weighted by atomic mass is 16.5. The summed E-state index contributed by atoms with van der Waals surface area (Å²) in [4.78, 5) is 33.6. The number of hydrogen-bond donors (Lipinski definition) is 2. The van der Waals surface area contributed by atoms with Crippen molar-refractivity contribution < 1.29 is 24.5 Å². The Morgan fingerprint density at radius 3 is 2.73 bits per heavy atom. The minimum absolute atomic E-state index is 0.0938. The van der Waals surface area contributed by atoms with Gasteiger partial charge in [-0.3, -0.25) is 9.59 Å². The number of carbonyl (C=O) groups is 2. The lowest BCUT2D eigenvalue weighted by atomic mass is 9.99. The van der Waals surface area contributed by atoms with Gasteiger partial charge in [-0.15, -0.1) is 0 Å². The lowest BCUT2D eigenvalue weighted by molar-refractivity contribution is -0.131. The van der Waals surface area contributed by atoms with E-state index in [1.54, 1.807) is 43.7 Å². The predicted molar refractivity (Wildman–Crippen MR) is 124 cm³/mol. The van der Waals surface area contributed by atoms with Crippen molar-refractivity contribution in [3.05, 3.63) is 23.4 Å². The zero-order valence-corrected chi connectivity index (χ0v) is 20.2. The molecule has 0 bridgehead atoms. The molecule has 1 aromatic rings. The van der Waals surface area contributed by atoms with Gasteiger partial charge in [-0.1, -0.05) is 18.8 Å². The molecular formula is C25H35N3O5. The first-order valence-corrected chi connectivity index (χ1v) is 11.6.